The minimum absolute atomic E-state index is 0.0789. The van der Waals surface area contributed by atoms with Gasteiger partial charge in [0.05, 0.1) is 23.5 Å². The maximum Gasteiger partial charge on any atom is 0.239 e. The van der Waals surface area contributed by atoms with Crippen molar-refractivity contribution in [2.24, 2.45) is 20.3 Å². The first-order chi connectivity index (χ1) is 14.8. The third-order valence-corrected chi connectivity index (χ3v) is 5.22. The minimum atomic E-state index is -0.733. The summed E-state index contributed by atoms with van der Waals surface area (Å²) in [6, 6.07) is 24.4. The number of benzene rings is 2. The van der Waals surface area contributed by atoms with Crippen LogP contribution < -0.4 is 0 Å². The molecular formula is C23H20N6O. The topological polar surface area (TPSA) is 85.8 Å². The number of pyridine rings is 1. The number of hydrogen-bond acceptors (Lipinski definition) is 6. The summed E-state index contributed by atoms with van der Waals surface area (Å²) in [5, 5.41) is 25.4. The Balaban J connectivity index is 1.54. The standard InChI is InChI=1S/C23H20N6O/c30-23-21(27-26-17-11-5-2-6-12-17)22-25-19(18-13-7-8-14-24-18)15-20(29(22)28-23)16-9-3-1-4-10-16/h1-14,19-21H,15H2,(H,28,30)/b27-26+. The number of aliphatic imine (C=N–C) groups is 1. The number of nitrogens with zero attached hydrogens (tertiary/aromatic N) is 6. The summed E-state index contributed by atoms with van der Waals surface area (Å²) in [4.78, 5) is 9.39. The number of hydrazone groups is 1. The smallest absolute Gasteiger partial charge is 0.239 e. The molecule has 2 aromatic carbocycles. The highest BCUT2D eigenvalue weighted by Gasteiger charge is 2.43. The molecule has 2 aliphatic heterocycles. The van der Waals surface area contributed by atoms with Crippen molar-refractivity contribution in [1.29, 1.82) is 0 Å². The Bertz CT molecular complexity index is 1100. The van der Waals surface area contributed by atoms with E-state index in [2.05, 4.69) is 32.4 Å². The van der Waals surface area contributed by atoms with Crippen molar-refractivity contribution >= 4 is 17.4 Å². The van der Waals surface area contributed by atoms with E-state index in [9.17, 15) is 5.11 Å². The average molecular weight is 396 g/mol. The zero-order valence-electron chi connectivity index (χ0n) is 16.2. The van der Waals surface area contributed by atoms with E-state index in [1.54, 1.807) is 11.2 Å². The summed E-state index contributed by atoms with van der Waals surface area (Å²) in [5.74, 6) is 0.485. The highest BCUT2D eigenvalue weighted by molar-refractivity contribution is 6.10. The molecule has 30 heavy (non-hydrogen) atoms. The maximum atomic E-state index is 10.6. The molecule has 7 nitrogen and oxygen atoms in total. The Morgan fingerprint density at radius 1 is 0.900 bits per heavy atom. The van der Waals surface area contributed by atoms with Crippen LogP contribution in [0.1, 0.15) is 29.8 Å². The van der Waals surface area contributed by atoms with Crippen LogP contribution >= 0.6 is 0 Å². The van der Waals surface area contributed by atoms with Crippen molar-refractivity contribution in [2.45, 2.75) is 24.5 Å². The summed E-state index contributed by atoms with van der Waals surface area (Å²) in [7, 11) is 0. The van der Waals surface area contributed by atoms with E-state index in [-0.39, 0.29) is 18.0 Å². The van der Waals surface area contributed by atoms with E-state index < -0.39 is 6.04 Å². The van der Waals surface area contributed by atoms with Gasteiger partial charge in [0, 0.05) is 12.6 Å². The molecule has 1 aromatic heterocycles. The Hall–Kier alpha value is -3.87. The molecule has 0 amide bonds. The number of rotatable bonds is 4. The largest absolute Gasteiger partial charge is 0.493 e. The number of aromatic nitrogens is 1. The molecule has 148 valence electrons. The lowest BCUT2D eigenvalue weighted by atomic mass is 9.94. The van der Waals surface area contributed by atoms with Crippen LogP contribution in [0.25, 0.3) is 0 Å². The quantitative estimate of drug-likeness (QED) is 0.629. The van der Waals surface area contributed by atoms with Gasteiger partial charge in [-0.15, -0.1) is 5.10 Å². The summed E-state index contributed by atoms with van der Waals surface area (Å²) in [6.45, 7) is 0. The molecule has 3 unspecified atom stereocenters. The lowest BCUT2D eigenvalue weighted by molar-refractivity contribution is 0.273. The normalized spacial score (nSPS) is 23.2. The van der Waals surface area contributed by atoms with Crippen LogP contribution in [-0.4, -0.2) is 32.9 Å². The van der Waals surface area contributed by atoms with Gasteiger partial charge in [-0.05, 0) is 29.8 Å². The van der Waals surface area contributed by atoms with Crippen molar-refractivity contribution < 1.29 is 5.11 Å². The molecule has 1 N–H and O–H groups in total. The lowest BCUT2D eigenvalue weighted by Crippen LogP contribution is -2.38. The van der Waals surface area contributed by atoms with Crippen molar-refractivity contribution in [2.75, 3.05) is 0 Å². The Labute approximate surface area is 174 Å². The second kappa shape index (κ2) is 7.87. The second-order valence-electron chi connectivity index (χ2n) is 7.18. The molecule has 3 atom stereocenters. The van der Waals surface area contributed by atoms with Crippen molar-refractivity contribution in [3.8, 4) is 0 Å². The van der Waals surface area contributed by atoms with Gasteiger partial charge in [-0.2, -0.15) is 10.2 Å². The first-order valence-electron chi connectivity index (χ1n) is 9.86. The van der Waals surface area contributed by atoms with E-state index in [4.69, 9.17) is 4.99 Å². The van der Waals surface area contributed by atoms with Gasteiger partial charge in [0.15, 0.2) is 5.84 Å². The number of fused-ring (bicyclic) bond motifs is 1. The van der Waals surface area contributed by atoms with Crippen LogP contribution in [0.4, 0.5) is 5.69 Å². The summed E-state index contributed by atoms with van der Waals surface area (Å²) >= 11 is 0. The van der Waals surface area contributed by atoms with Gasteiger partial charge >= 0.3 is 0 Å². The second-order valence-corrected chi connectivity index (χ2v) is 7.18. The zero-order valence-corrected chi connectivity index (χ0v) is 16.2. The van der Waals surface area contributed by atoms with Gasteiger partial charge in [0.1, 0.15) is 0 Å². The van der Waals surface area contributed by atoms with Crippen LogP contribution in [0.15, 0.2) is 105 Å². The highest BCUT2D eigenvalue weighted by atomic mass is 16.3. The van der Waals surface area contributed by atoms with E-state index in [0.29, 0.717) is 17.9 Å². The van der Waals surface area contributed by atoms with Gasteiger partial charge < -0.3 is 5.11 Å². The Morgan fingerprint density at radius 2 is 1.63 bits per heavy atom. The predicted octanol–water partition coefficient (Wildman–Crippen LogP) is 5.01. The number of aliphatic hydroxyl groups is 1. The zero-order chi connectivity index (χ0) is 20.3. The van der Waals surface area contributed by atoms with Crippen LogP contribution in [0.3, 0.4) is 0 Å². The molecule has 2 aliphatic rings. The van der Waals surface area contributed by atoms with E-state index in [1.165, 1.54) is 0 Å². The van der Waals surface area contributed by atoms with Crippen molar-refractivity contribution in [1.82, 2.24) is 9.99 Å². The van der Waals surface area contributed by atoms with Crippen LogP contribution in [0, 0.1) is 0 Å². The number of azo groups is 1. The fourth-order valence-electron chi connectivity index (χ4n) is 3.77. The molecule has 7 heteroatoms. The summed E-state index contributed by atoms with van der Waals surface area (Å²) < 4.78 is 0. The van der Waals surface area contributed by atoms with E-state index >= 15 is 0 Å². The molecule has 0 bridgehead atoms. The first-order valence-corrected chi connectivity index (χ1v) is 9.86. The molecule has 0 aliphatic carbocycles. The third-order valence-electron chi connectivity index (χ3n) is 5.22. The SMILES string of the molecule is OC1=NN2C(=NC(c3ccccn3)CC2c2ccccc2)C1/N=N/c1ccccc1. The van der Waals surface area contributed by atoms with E-state index in [0.717, 1.165) is 11.3 Å². The fraction of sp³-hybridized carbons (Fsp3) is 0.174. The van der Waals surface area contributed by atoms with Gasteiger partial charge in [-0.3, -0.25) is 9.98 Å². The number of hydrogen-bond donors (Lipinski definition) is 1. The Kier molecular flexibility index (Phi) is 4.77. The van der Waals surface area contributed by atoms with Gasteiger partial charge in [0.25, 0.3) is 0 Å². The molecule has 0 saturated heterocycles. The molecule has 3 heterocycles. The molecule has 0 spiro atoms. The first kappa shape index (κ1) is 18.2. The summed E-state index contributed by atoms with van der Waals surface area (Å²) in [6.07, 6.45) is 2.47. The van der Waals surface area contributed by atoms with Crippen LogP contribution in [0.2, 0.25) is 0 Å². The maximum absolute atomic E-state index is 10.6. The van der Waals surface area contributed by atoms with Crippen LogP contribution in [0.5, 0.6) is 0 Å². The van der Waals surface area contributed by atoms with Gasteiger partial charge in [-0.25, -0.2) is 5.01 Å². The molecule has 3 aromatic rings. The fourth-order valence-corrected chi connectivity index (χ4v) is 3.77. The third kappa shape index (κ3) is 3.45. The number of aliphatic hydroxyl groups excluding tert-OH is 1. The average Bonchev–Trinajstić information content (AvgIpc) is 3.13. The van der Waals surface area contributed by atoms with Crippen molar-refractivity contribution in [3.05, 3.63) is 96.3 Å². The predicted molar refractivity (Wildman–Crippen MR) is 115 cm³/mol. The Morgan fingerprint density at radius 3 is 2.37 bits per heavy atom. The highest BCUT2D eigenvalue weighted by Crippen LogP contribution is 2.40. The van der Waals surface area contributed by atoms with Crippen LogP contribution in [-0.2, 0) is 0 Å². The monoisotopic (exact) mass is 396 g/mol. The molecular weight excluding hydrogens is 376 g/mol. The van der Waals surface area contributed by atoms with Gasteiger partial charge in [0.2, 0.25) is 11.9 Å². The van der Waals surface area contributed by atoms with Gasteiger partial charge in [-0.1, -0.05) is 54.6 Å². The molecule has 0 saturated carbocycles. The molecule has 0 fully saturated rings. The lowest BCUT2D eigenvalue weighted by Gasteiger charge is -2.34. The summed E-state index contributed by atoms with van der Waals surface area (Å²) in [5.41, 5.74) is 2.69. The van der Waals surface area contributed by atoms with E-state index in [1.807, 2.05) is 66.7 Å². The molecule has 5 rings (SSSR count). The molecule has 0 radical (unpaired) electrons. The minimum Gasteiger partial charge on any atom is -0.493 e. The number of amidine groups is 1. The van der Waals surface area contributed by atoms with Crippen molar-refractivity contribution in [3.63, 3.8) is 0 Å².